The van der Waals surface area contributed by atoms with Crippen LogP contribution < -0.4 is 0 Å². The van der Waals surface area contributed by atoms with Crippen LogP contribution in [0.15, 0.2) is 42.5 Å². The molecule has 0 saturated carbocycles. The first-order chi connectivity index (χ1) is 7.40. The number of hydrogen-bond donors (Lipinski definition) is 1. The van der Waals surface area contributed by atoms with Crippen molar-refractivity contribution in [3.8, 4) is 0 Å². The second-order valence-corrected chi connectivity index (χ2v) is 3.48. The normalized spacial score (nSPS) is 10.6. The van der Waals surface area contributed by atoms with Gasteiger partial charge in [0.2, 0.25) is 5.69 Å². The van der Waals surface area contributed by atoms with E-state index in [2.05, 4.69) is 15.9 Å². The molecule has 0 bridgehead atoms. The van der Waals surface area contributed by atoms with Crippen LogP contribution in [0.4, 0.5) is 5.69 Å². The molecule has 0 unspecified atom stereocenters. The van der Waals surface area contributed by atoms with Gasteiger partial charge in [0.05, 0.1) is 12.1 Å². The van der Waals surface area contributed by atoms with Crippen molar-refractivity contribution in [3.63, 3.8) is 0 Å². The van der Waals surface area contributed by atoms with E-state index in [-0.39, 0.29) is 0 Å². The SMILES string of the molecule is [C-]#[N+]c1cccc2c1[nH]c1ccccc12. The number of benzene rings is 2. The van der Waals surface area contributed by atoms with Gasteiger partial charge in [0.25, 0.3) is 0 Å². The molecule has 15 heavy (non-hydrogen) atoms. The number of rotatable bonds is 0. The zero-order valence-electron chi connectivity index (χ0n) is 7.99. The molecule has 2 heteroatoms. The maximum absolute atomic E-state index is 7.10. The van der Waals surface area contributed by atoms with Gasteiger partial charge in [-0.2, -0.15) is 0 Å². The highest BCUT2D eigenvalue weighted by Gasteiger charge is 2.05. The summed E-state index contributed by atoms with van der Waals surface area (Å²) in [5.41, 5.74) is 2.71. The first-order valence-corrected chi connectivity index (χ1v) is 4.77. The van der Waals surface area contributed by atoms with Crippen LogP contribution in [0.3, 0.4) is 0 Å². The summed E-state index contributed by atoms with van der Waals surface area (Å²) in [5.74, 6) is 0. The molecule has 0 radical (unpaired) electrons. The monoisotopic (exact) mass is 192 g/mol. The maximum atomic E-state index is 7.10. The molecule has 0 aliphatic rings. The Bertz CT molecular complexity index is 686. The van der Waals surface area contributed by atoms with Gasteiger partial charge in [-0.05, 0) is 11.5 Å². The smallest absolute Gasteiger partial charge is 0.210 e. The molecule has 3 aromatic rings. The van der Waals surface area contributed by atoms with E-state index < -0.39 is 0 Å². The topological polar surface area (TPSA) is 20.1 Å². The quantitative estimate of drug-likeness (QED) is 0.522. The lowest BCUT2D eigenvalue weighted by molar-refractivity contribution is 1.55. The Labute approximate surface area is 87.0 Å². The lowest BCUT2D eigenvalue weighted by Crippen LogP contribution is -1.66. The molecule has 0 saturated heterocycles. The first-order valence-electron chi connectivity index (χ1n) is 4.77. The molecule has 0 amide bonds. The van der Waals surface area contributed by atoms with Crippen molar-refractivity contribution in [2.45, 2.75) is 0 Å². The van der Waals surface area contributed by atoms with Crippen molar-refractivity contribution in [2.75, 3.05) is 0 Å². The molecule has 0 atom stereocenters. The number of aromatic nitrogens is 1. The van der Waals surface area contributed by atoms with Crippen molar-refractivity contribution >= 4 is 27.5 Å². The van der Waals surface area contributed by atoms with Crippen molar-refractivity contribution in [1.29, 1.82) is 0 Å². The molecular formula is C13H8N2. The zero-order valence-corrected chi connectivity index (χ0v) is 7.99. The van der Waals surface area contributed by atoms with E-state index in [1.54, 1.807) is 0 Å². The fourth-order valence-corrected chi connectivity index (χ4v) is 1.95. The average Bonchev–Trinajstić information content (AvgIpc) is 2.67. The minimum Gasteiger partial charge on any atom is -0.364 e. The van der Waals surface area contributed by atoms with Crippen LogP contribution in [0.25, 0.3) is 26.7 Å². The van der Waals surface area contributed by atoms with E-state index in [0.29, 0.717) is 5.69 Å². The number of para-hydroxylation sites is 2. The van der Waals surface area contributed by atoms with Crippen LogP contribution in [0.5, 0.6) is 0 Å². The van der Waals surface area contributed by atoms with Gasteiger partial charge in [-0.25, -0.2) is 4.85 Å². The van der Waals surface area contributed by atoms with Gasteiger partial charge in [-0.1, -0.05) is 36.4 Å². The van der Waals surface area contributed by atoms with E-state index in [4.69, 9.17) is 6.57 Å². The van der Waals surface area contributed by atoms with E-state index in [1.165, 1.54) is 5.39 Å². The van der Waals surface area contributed by atoms with Crippen molar-refractivity contribution in [1.82, 2.24) is 4.98 Å². The number of fused-ring (bicyclic) bond motifs is 3. The minimum atomic E-state index is 0.684. The van der Waals surface area contributed by atoms with Gasteiger partial charge >= 0.3 is 0 Å². The van der Waals surface area contributed by atoms with E-state index in [0.717, 1.165) is 16.4 Å². The molecule has 1 N–H and O–H groups in total. The first kappa shape index (κ1) is 8.07. The van der Waals surface area contributed by atoms with E-state index in [1.807, 2.05) is 36.4 Å². The maximum Gasteiger partial charge on any atom is 0.210 e. The highest BCUT2D eigenvalue weighted by molar-refractivity contribution is 6.11. The Balaban J connectivity index is 2.61. The Morgan fingerprint density at radius 1 is 0.933 bits per heavy atom. The Hall–Kier alpha value is -2.27. The number of nitrogens with zero attached hydrogens (tertiary/aromatic N) is 1. The second kappa shape index (κ2) is 2.86. The molecular weight excluding hydrogens is 184 g/mol. The third kappa shape index (κ3) is 1.04. The van der Waals surface area contributed by atoms with Crippen molar-refractivity contribution in [3.05, 3.63) is 53.9 Å². The molecule has 2 aromatic carbocycles. The number of nitrogens with one attached hydrogen (secondary N) is 1. The van der Waals surface area contributed by atoms with Crippen LogP contribution in [-0.4, -0.2) is 4.98 Å². The summed E-state index contributed by atoms with van der Waals surface area (Å²) in [4.78, 5) is 6.80. The number of hydrogen-bond acceptors (Lipinski definition) is 0. The van der Waals surface area contributed by atoms with Crippen molar-refractivity contribution < 1.29 is 0 Å². The average molecular weight is 192 g/mol. The molecule has 0 aliphatic heterocycles. The minimum absolute atomic E-state index is 0.684. The summed E-state index contributed by atoms with van der Waals surface area (Å²) in [6.07, 6.45) is 0. The largest absolute Gasteiger partial charge is 0.364 e. The number of H-pyrrole nitrogens is 1. The zero-order chi connectivity index (χ0) is 10.3. The van der Waals surface area contributed by atoms with Gasteiger partial charge in [-0.3, -0.25) is 0 Å². The van der Waals surface area contributed by atoms with Crippen LogP contribution in [-0.2, 0) is 0 Å². The second-order valence-electron chi connectivity index (χ2n) is 3.48. The van der Waals surface area contributed by atoms with Gasteiger partial charge in [0.1, 0.15) is 0 Å². The lowest BCUT2D eigenvalue weighted by atomic mass is 10.1. The highest BCUT2D eigenvalue weighted by atomic mass is 14.8. The van der Waals surface area contributed by atoms with E-state index in [9.17, 15) is 0 Å². The summed E-state index contributed by atoms with van der Waals surface area (Å²) in [7, 11) is 0. The van der Waals surface area contributed by atoms with Gasteiger partial charge < -0.3 is 4.98 Å². The van der Waals surface area contributed by atoms with Gasteiger partial charge in [-0.15, -0.1) is 0 Å². The molecule has 1 heterocycles. The molecule has 0 spiro atoms. The van der Waals surface area contributed by atoms with Gasteiger partial charge in [0, 0.05) is 10.9 Å². The van der Waals surface area contributed by atoms with Crippen molar-refractivity contribution in [2.24, 2.45) is 0 Å². The van der Waals surface area contributed by atoms with Crippen LogP contribution in [0.1, 0.15) is 0 Å². The summed E-state index contributed by atoms with van der Waals surface area (Å²) >= 11 is 0. The van der Waals surface area contributed by atoms with Gasteiger partial charge in [0.15, 0.2) is 0 Å². The third-order valence-corrected chi connectivity index (χ3v) is 2.64. The Kier molecular flexibility index (Phi) is 1.54. The molecule has 0 fully saturated rings. The lowest BCUT2D eigenvalue weighted by Gasteiger charge is -1.91. The molecule has 2 nitrogen and oxygen atoms in total. The summed E-state index contributed by atoms with van der Waals surface area (Å²) in [6, 6.07) is 13.9. The highest BCUT2D eigenvalue weighted by Crippen LogP contribution is 2.31. The van der Waals surface area contributed by atoms with Crippen LogP contribution in [0.2, 0.25) is 0 Å². The van der Waals surface area contributed by atoms with Crippen LogP contribution >= 0.6 is 0 Å². The molecule has 1 aromatic heterocycles. The molecule has 0 aliphatic carbocycles. The predicted molar refractivity (Wildman–Crippen MR) is 62.1 cm³/mol. The molecule has 3 rings (SSSR count). The predicted octanol–water partition coefficient (Wildman–Crippen LogP) is 3.87. The third-order valence-electron chi connectivity index (χ3n) is 2.64. The fraction of sp³-hybridized carbons (Fsp3) is 0. The fourth-order valence-electron chi connectivity index (χ4n) is 1.95. The van der Waals surface area contributed by atoms with Crippen LogP contribution in [0, 0.1) is 6.57 Å². The Morgan fingerprint density at radius 2 is 1.73 bits per heavy atom. The summed E-state index contributed by atoms with van der Waals surface area (Å²) < 4.78 is 0. The number of aromatic amines is 1. The summed E-state index contributed by atoms with van der Waals surface area (Å²) in [5, 5.41) is 2.30. The Morgan fingerprint density at radius 3 is 2.60 bits per heavy atom. The molecule has 70 valence electrons. The van der Waals surface area contributed by atoms with E-state index >= 15 is 0 Å². The standard InChI is InChI=1S/C13H8N2/c1-14-12-8-4-6-10-9-5-2-3-7-11(9)15-13(10)12/h2-8,15H. The summed E-state index contributed by atoms with van der Waals surface area (Å²) in [6.45, 7) is 7.10.